The molecule has 0 saturated heterocycles. The lowest BCUT2D eigenvalue weighted by atomic mass is 10.2. The number of carbonyl (C=O) groups is 1. The molecule has 0 saturated carbocycles. The van der Waals surface area contributed by atoms with Crippen molar-refractivity contribution in [2.75, 3.05) is 18.9 Å². The highest BCUT2D eigenvalue weighted by Crippen LogP contribution is 2.11. The van der Waals surface area contributed by atoms with E-state index in [9.17, 15) is 4.79 Å². The molecule has 2 aromatic rings. The number of hydrogen-bond donors (Lipinski definition) is 2. The first kappa shape index (κ1) is 14.3. The van der Waals surface area contributed by atoms with Gasteiger partial charge in [0.05, 0.1) is 6.54 Å². The van der Waals surface area contributed by atoms with Crippen LogP contribution in [0.2, 0.25) is 0 Å². The Kier molecular flexibility index (Phi) is 5.32. The summed E-state index contributed by atoms with van der Waals surface area (Å²) in [5, 5.41) is 10.1. The van der Waals surface area contributed by atoms with Gasteiger partial charge in [-0.2, -0.15) is 5.10 Å². The van der Waals surface area contributed by atoms with Crippen LogP contribution < -0.4 is 10.6 Å². The van der Waals surface area contributed by atoms with Crippen molar-refractivity contribution < 1.29 is 4.79 Å². The Labute approximate surface area is 119 Å². The number of benzene rings is 1. The van der Waals surface area contributed by atoms with E-state index >= 15 is 0 Å². The maximum absolute atomic E-state index is 11.7. The number of amides is 1. The van der Waals surface area contributed by atoms with E-state index in [0.29, 0.717) is 6.42 Å². The number of rotatable bonds is 7. The molecule has 1 aromatic carbocycles. The van der Waals surface area contributed by atoms with Crippen LogP contribution in [0.3, 0.4) is 0 Å². The van der Waals surface area contributed by atoms with Gasteiger partial charge >= 0.3 is 0 Å². The number of aromatic nitrogens is 2. The Morgan fingerprint density at radius 1 is 1.30 bits per heavy atom. The van der Waals surface area contributed by atoms with Crippen LogP contribution in [-0.2, 0) is 11.3 Å². The molecule has 2 rings (SSSR count). The van der Waals surface area contributed by atoms with E-state index in [2.05, 4.69) is 15.7 Å². The van der Waals surface area contributed by atoms with Crippen molar-refractivity contribution in [1.82, 2.24) is 15.1 Å². The summed E-state index contributed by atoms with van der Waals surface area (Å²) in [5.41, 5.74) is 1.99. The summed E-state index contributed by atoms with van der Waals surface area (Å²) in [6, 6.07) is 9.76. The monoisotopic (exact) mass is 272 g/mol. The van der Waals surface area contributed by atoms with Crippen molar-refractivity contribution in [3.63, 3.8) is 0 Å². The lowest BCUT2D eigenvalue weighted by molar-refractivity contribution is -0.116. The van der Waals surface area contributed by atoms with Gasteiger partial charge in [-0.05, 0) is 43.8 Å². The molecule has 0 aliphatic carbocycles. The van der Waals surface area contributed by atoms with Gasteiger partial charge < -0.3 is 10.6 Å². The molecule has 0 bridgehead atoms. The minimum absolute atomic E-state index is 0.0556. The summed E-state index contributed by atoms with van der Waals surface area (Å²) >= 11 is 0. The Morgan fingerprint density at radius 3 is 2.75 bits per heavy atom. The van der Waals surface area contributed by atoms with Gasteiger partial charge in [0.1, 0.15) is 0 Å². The first-order valence-corrected chi connectivity index (χ1v) is 6.79. The van der Waals surface area contributed by atoms with Crippen molar-refractivity contribution in [3.8, 4) is 0 Å². The molecule has 2 N–H and O–H groups in total. The number of carbonyl (C=O) groups excluding carboxylic acids is 1. The SMILES string of the molecule is CNCCCC(=O)Nc1ccc(Cn2cccn2)cc1. The highest BCUT2D eigenvalue weighted by atomic mass is 16.1. The summed E-state index contributed by atoms with van der Waals surface area (Å²) in [6.45, 7) is 1.60. The first-order chi connectivity index (χ1) is 9.78. The molecule has 106 valence electrons. The molecule has 0 aliphatic heterocycles. The van der Waals surface area contributed by atoms with Crippen molar-refractivity contribution in [1.29, 1.82) is 0 Å². The van der Waals surface area contributed by atoms with Crippen molar-refractivity contribution >= 4 is 11.6 Å². The molecule has 0 unspecified atom stereocenters. The quantitative estimate of drug-likeness (QED) is 0.756. The predicted octanol–water partition coefficient (Wildman–Crippen LogP) is 1.87. The zero-order valence-corrected chi connectivity index (χ0v) is 11.7. The molecule has 1 aromatic heterocycles. The fraction of sp³-hybridized carbons (Fsp3) is 0.333. The highest BCUT2D eigenvalue weighted by Gasteiger charge is 2.02. The zero-order valence-electron chi connectivity index (χ0n) is 11.7. The highest BCUT2D eigenvalue weighted by molar-refractivity contribution is 5.90. The molecule has 0 radical (unpaired) electrons. The van der Waals surface area contributed by atoms with Gasteiger partial charge in [0.2, 0.25) is 5.91 Å². The molecular formula is C15H20N4O. The van der Waals surface area contributed by atoms with Crippen LogP contribution in [0.4, 0.5) is 5.69 Å². The van der Waals surface area contributed by atoms with Crippen LogP contribution in [0, 0.1) is 0 Å². The molecule has 0 atom stereocenters. The largest absolute Gasteiger partial charge is 0.326 e. The maximum Gasteiger partial charge on any atom is 0.224 e. The lowest BCUT2D eigenvalue weighted by Crippen LogP contribution is -2.15. The third-order valence-corrected chi connectivity index (χ3v) is 2.97. The Morgan fingerprint density at radius 2 is 2.10 bits per heavy atom. The van der Waals surface area contributed by atoms with Crippen LogP contribution in [-0.4, -0.2) is 29.3 Å². The van der Waals surface area contributed by atoms with Gasteiger partial charge in [0, 0.05) is 24.5 Å². The van der Waals surface area contributed by atoms with Crippen LogP contribution >= 0.6 is 0 Å². The fourth-order valence-corrected chi connectivity index (χ4v) is 1.92. The van der Waals surface area contributed by atoms with Crippen LogP contribution in [0.25, 0.3) is 0 Å². The average Bonchev–Trinajstić information content (AvgIpc) is 2.94. The standard InChI is InChI=1S/C15H20N4O/c1-16-9-2-4-15(20)18-14-7-5-13(6-8-14)12-19-11-3-10-17-19/h3,5-8,10-11,16H,2,4,9,12H2,1H3,(H,18,20). The van der Waals surface area contributed by atoms with Crippen LogP contribution in [0.15, 0.2) is 42.7 Å². The predicted molar refractivity (Wildman–Crippen MR) is 79.6 cm³/mol. The molecule has 0 spiro atoms. The van der Waals surface area contributed by atoms with Gasteiger partial charge in [-0.1, -0.05) is 12.1 Å². The Hall–Kier alpha value is -2.14. The minimum Gasteiger partial charge on any atom is -0.326 e. The first-order valence-electron chi connectivity index (χ1n) is 6.79. The van der Waals surface area contributed by atoms with Gasteiger partial charge in [0.15, 0.2) is 0 Å². The summed E-state index contributed by atoms with van der Waals surface area (Å²) in [5.74, 6) is 0.0556. The van der Waals surface area contributed by atoms with E-state index in [4.69, 9.17) is 0 Å². The van der Waals surface area contributed by atoms with Crippen molar-refractivity contribution in [3.05, 3.63) is 48.3 Å². The van der Waals surface area contributed by atoms with Gasteiger partial charge in [0.25, 0.3) is 0 Å². The second-order valence-corrected chi connectivity index (χ2v) is 4.66. The van der Waals surface area contributed by atoms with Crippen molar-refractivity contribution in [2.24, 2.45) is 0 Å². The van der Waals surface area contributed by atoms with Gasteiger partial charge in [-0.25, -0.2) is 0 Å². The topological polar surface area (TPSA) is 59.0 Å². The Balaban J connectivity index is 1.83. The molecule has 1 amide bonds. The van der Waals surface area contributed by atoms with E-state index in [1.54, 1.807) is 6.20 Å². The third-order valence-electron chi connectivity index (χ3n) is 2.97. The van der Waals surface area contributed by atoms with Crippen LogP contribution in [0.5, 0.6) is 0 Å². The smallest absolute Gasteiger partial charge is 0.224 e. The summed E-state index contributed by atoms with van der Waals surface area (Å²) in [4.78, 5) is 11.7. The second kappa shape index (κ2) is 7.45. The maximum atomic E-state index is 11.7. The van der Waals surface area contributed by atoms with E-state index < -0.39 is 0 Å². The van der Waals surface area contributed by atoms with E-state index in [-0.39, 0.29) is 5.91 Å². The third kappa shape index (κ3) is 4.51. The van der Waals surface area contributed by atoms with Crippen LogP contribution in [0.1, 0.15) is 18.4 Å². The molecule has 5 nitrogen and oxygen atoms in total. The summed E-state index contributed by atoms with van der Waals surface area (Å²) in [7, 11) is 1.89. The molecule has 1 heterocycles. The molecule has 20 heavy (non-hydrogen) atoms. The zero-order chi connectivity index (χ0) is 14.2. The van der Waals surface area contributed by atoms with E-state index in [1.807, 2.05) is 48.3 Å². The van der Waals surface area contributed by atoms with Gasteiger partial charge in [-0.3, -0.25) is 9.48 Å². The number of hydrogen-bond acceptors (Lipinski definition) is 3. The molecular weight excluding hydrogens is 252 g/mol. The minimum atomic E-state index is 0.0556. The van der Waals surface area contributed by atoms with Crippen molar-refractivity contribution in [2.45, 2.75) is 19.4 Å². The van der Waals surface area contributed by atoms with E-state index in [0.717, 1.165) is 30.8 Å². The molecule has 0 aliphatic rings. The summed E-state index contributed by atoms with van der Waals surface area (Å²) in [6.07, 6.45) is 5.08. The average molecular weight is 272 g/mol. The van der Waals surface area contributed by atoms with Gasteiger partial charge in [-0.15, -0.1) is 0 Å². The number of nitrogens with one attached hydrogen (secondary N) is 2. The fourth-order valence-electron chi connectivity index (χ4n) is 1.92. The lowest BCUT2D eigenvalue weighted by Gasteiger charge is -2.07. The number of nitrogens with zero attached hydrogens (tertiary/aromatic N) is 2. The number of anilines is 1. The second-order valence-electron chi connectivity index (χ2n) is 4.66. The Bertz CT molecular complexity index is 519. The molecule has 0 fully saturated rings. The summed E-state index contributed by atoms with van der Waals surface area (Å²) < 4.78 is 1.87. The molecule has 5 heteroatoms. The van der Waals surface area contributed by atoms with E-state index in [1.165, 1.54) is 0 Å². The normalized spacial score (nSPS) is 10.4.